The predicted molar refractivity (Wildman–Crippen MR) is 117 cm³/mol. The maximum atomic E-state index is 13.6. The molecule has 0 saturated heterocycles. The molecule has 0 aliphatic carbocycles. The van der Waals surface area contributed by atoms with Gasteiger partial charge in [-0.15, -0.1) is 0 Å². The number of hydrogen-bond acceptors (Lipinski definition) is 4. The Hall–Kier alpha value is -4.26. The fourth-order valence-electron chi connectivity index (χ4n) is 3.30. The van der Waals surface area contributed by atoms with Crippen LogP contribution in [0.3, 0.4) is 0 Å². The van der Waals surface area contributed by atoms with Crippen molar-refractivity contribution in [1.29, 1.82) is 0 Å². The molecule has 0 bridgehead atoms. The lowest BCUT2D eigenvalue weighted by Gasteiger charge is -2.29. The number of carbonyl (C=O) groups excluding carboxylic acids is 2. The zero-order valence-corrected chi connectivity index (χ0v) is 17.0. The van der Waals surface area contributed by atoms with Crippen LogP contribution in [0.25, 0.3) is 0 Å². The van der Waals surface area contributed by atoms with Crippen LogP contribution in [0, 0.1) is 5.82 Å². The number of furan rings is 1. The second-order valence-electron chi connectivity index (χ2n) is 6.99. The van der Waals surface area contributed by atoms with E-state index in [1.54, 1.807) is 30.3 Å². The van der Waals surface area contributed by atoms with Gasteiger partial charge in [0, 0.05) is 18.4 Å². The van der Waals surface area contributed by atoms with Crippen molar-refractivity contribution in [1.82, 2.24) is 10.3 Å². The molecular weight excluding hydrogens is 409 g/mol. The Morgan fingerprint density at radius 3 is 2.34 bits per heavy atom. The molecule has 2 heterocycles. The molecule has 6 nitrogen and oxygen atoms in total. The molecule has 160 valence electrons. The predicted octanol–water partition coefficient (Wildman–Crippen LogP) is 4.52. The summed E-state index contributed by atoms with van der Waals surface area (Å²) in [6.07, 6.45) is 2.92. The number of hydrogen-bond donors (Lipinski definition) is 1. The maximum Gasteiger partial charge on any atom is 0.277 e. The Morgan fingerprint density at radius 2 is 1.69 bits per heavy atom. The van der Waals surface area contributed by atoms with Crippen LogP contribution >= 0.6 is 0 Å². The summed E-state index contributed by atoms with van der Waals surface area (Å²) in [7, 11) is 0. The summed E-state index contributed by atoms with van der Waals surface area (Å²) in [5, 5.41) is 2.87. The van der Waals surface area contributed by atoms with Gasteiger partial charge in [0.25, 0.3) is 11.8 Å². The highest BCUT2D eigenvalue weighted by molar-refractivity contribution is 6.08. The van der Waals surface area contributed by atoms with E-state index in [9.17, 15) is 14.0 Å². The molecule has 7 heteroatoms. The molecular formula is C25H20FN3O3. The summed E-state index contributed by atoms with van der Waals surface area (Å²) in [5.74, 6) is -1.16. The molecule has 4 rings (SSSR count). The minimum absolute atomic E-state index is 0.143. The summed E-state index contributed by atoms with van der Waals surface area (Å²) < 4.78 is 19.1. The van der Waals surface area contributed by atoms with Gasteiger partial charge < -0.3 is 9.73 Å². The fourth-order valence-corrected chi connectivity index (χ4v) is 3.30. The Balaban J connectivity index is 1.73. The molecule has 0 saturated carbocycles. The summed E-state index contributed by atoms with van der Waals surface area (Å²) in [6, 6.07) is 21.8. The van der Waals surface area contributed by atoms with Gasteiger partial charge in [-0.3, -0.25) is 19.5 Å². The fraction of sp³-hybridized carbons (Fsp3) is 0.0800. The second kappa shape index (κ2) is 9.70. The summed E-state index contributed by atoms with van der Waals surface area (Å²) in [6.45, 7) is 0.270. The van der Waals surface area contributed by atoms with E-state index in [1.807, 2.05) is 30.3 Å². The van der Waals surface area contributed by atoms with Gasteiger partial charge in [0.1, 0.15) is 17.3 Å². The average molecular weight is 429 g/mol. The SMILES string of the molecule is O=C(NCc1ccccc1)[C@H](c1ccco1)N(C(=O)c1ccccn1)c1ccc(F)cc1. The molecule has 2 aromatic carbocycles. The van der Waals surface area contributed by atoms with E-state index in [-0.39, 0.29) is 18.0 Å². The number of aromatic nitrogens is 1. The van der Waals surface area contributed by atoms with E-state index in [1.165, 1.54) is 41.6 Å². The number of amides is 2. The van der Waals surface area contributed by atoms with Gasteiger partial charge in [0.2, 0.25) is 0 Å². The lowest BCUT2D eigenvalue weighted by molar-refractivity contribution is -0.123. The zero-order chi connectivity index (χ0) is 22.3. The minimum atomic E-state index is -1.13. The van der Waals surface area contributed by atoms with Crippen molar-refractivity contribution < 1.29 is 18.4 Å². The monoisotopic (exact) mass is 429 g/mol. The lowest BCUT2D eigenvalue weighted by atomic mass is 10.1. The van der Waals surface area contributed by atoms with Crippen molar-refractivity contribution in [2.24, 2.45) is 0 Å². The van der Waals surface area contributed by atoms with Crippen LogP contribution in [0.5, 0.6) is 0 Å². The van der Waals surface area contributed by atoms with Crippen molar-refractivity contribution in [3.05, 3.63) is 120 Å². The molecule has 2 aromatic heterocycles. The van der Waals surface area contributed by atoms with Crippen LogP contribution < -0.4 is 10.2 Å². The first-order chi connectivity index (χ1) is 15.6. The molecule has 32 heavy (non-hydrogen) atoms. The number of nitrogens with zero attached hydrogens (tertiary/aromatic N) is 2. The first-order valence-electron chi connectivity index (χ1n) is 9.98. The van der Waals surface area contributed by atoms with Crippen molar-refractivity contribution in [2.75, 3.05) is 4.90 Å². The number of anilines is 1. The van der Waals surface area contributed by atoms with Gasteiger partial charge in [-0.2, -0.15) is 0 Å². The molecule has 2 amide bonds. The van der Waals surface area contributed by atoms with E-state index in [0.717, 1.165) is 5.56 Å². The third-order valence-corrected chi connectivity index (χ3v) is 4.84. The van der Waals surface area contributed by atoms with Gasteiger partial charge >= 0.3 is 0 Å². The molecule has 4 aromatic rings. The van der Waals surface area contributed by atoms with Crippen molar-refractivity contribution in [2.45, 2.75) is 12.6 Å². The van der Waals surface area contributed by atoms with E-state index in [2.05, 4.69) is 10.3 Å². The lowest BCUT2D eigenvalue weighted by Crippen LogP contribution is -2.44. The van der Waals surface area contributed by atoms with Crippen LogP contribution in [-0.2, 0) is 11.3 Å². The topological polar surface area (TPSA) is 75.4 Å². The number of halogens is 1. The maximum absolute atomic E-state index is 13.6. The molecule has 0 unspecified atom stereocenters. The van der Waals surface area contributed by atoms with Crippen molar-refractivity contribution >= 4 is 17.5 Å². The van der Waals surface area contributed by atoms with E-state index in [0.29, 0.717) is 5.69 Å². The smallest absolute Gasteiger partial charge is 0.277 e. The Labute approximate surface area is 184 Å². The van der Waals surface area contributed by atoms with Gasteiger partial charge in [-0.05, 0) is 54.1 Å². The Bertz CT molecular complexity index is 1160. The van der Waals surface area contributed by atoms with E-state index < -0.39 is 23.7 Å². The van der Waals surface area contributed by atoms with Gasteiger partial charge in [0.15, 0.2) is 6.04 Å². The number of benzene rings is 2. The minimum Gasteiger partial charge on any atom is -0.467 e. The van der Waals surface area contributed by atoms with E-state index in [4.69, 9.17) is 4.42 Å². The third kappa shape index (κ3) is 4.73. The first kappa shape index (κ1) is 21.0. The number of carbonyl (C=O) groups is 2. The molecule has 0 fully saturated rings. The summed E-state index contributed by atoms with van der Waals surface area (Å²) >= 11 is 0. The zero-order valence-electron chi connectivity index (χ0n) is 17.0. The molecule has 0 aliphatic heterocycles. The first-order valence-corrected chi connectivity index (χ1v) is 9.98. The van der Waals surface area contributed by atoms with Crippen LogP contribution in [0.15, 0.2) is 102 Å². The molecule has 1 N–H and O–H groups in total. The van der Waals surface area contributed by atoms with Crippen LogP contribution in [0.4, 0.5) is 10.1 Å². The molecule has 0 radical (unpaired) electrons. The highest BCUT2D eigenvalue weighted by atomic mass is 19.1. The normalized spacial score (nSPS) is 11.5. The van der Waals surface area contributed by atoms with Crippen molar-refractivity contribution in [3.63, 3.8) is 0 Å². The standard InChI is InChI=1S/C25H20FN3O3/c26-19-11-13-20(14-12-19)29(25(31)21-9-4-5-15-27-21)23(22-10-6-16-32-22)24(30)28-17-18-7-2-1-3-8-18/h1-16,23H,17H2,(H,28,30)/t23-/m0/s1. The number of rotatable bonds is 7. The summed E-state index contributed by atoms with van der Waals surface area (Å²) in [4.78, 5) is 32.3. The average Bonchev–Trinajstić information content (AvgIpc) is 3.37. The highest BCUT2D eigenvalue weighted by Crippen LogP contribution is 2.30. The second-order valence-corrected chi connectivity index (χ2v) is 6.99. The third-order valence-electron chi connectivity index (χ3n) is 4.84. The van der Waals surface area contributed by atoms with Crippen LogP contribution in [0.2, 0.25) is 0 Å². The highest BCUT2D eigenvalue weighted by Gasteiger charge is 2.35. The van der Waals surface area contributed by atoms with Crippen molar-refractivity contribution in [3.8, 4) is 0 Å². The van der Waals surface area contributed by atoms with Gasteiger partial charge in [-0.1, -0.05) is 36.4 Å². The molecule has 0 spiro atoms. The molecule has 0 aliphatic rings. The molecule has 1 atom stereocenters. The largest absolute Gasteiger partial charge is 0.467 e. The van der Waals surface area contributed by atoms with Gasteiger partial charge in [-0.25, -0.2) is 4.39 Å². The number of nitrogens with one attached hydrogen (secondary N) is 1. The van der Waals surface area contributed by atoms with Gasteiger partial charge in [0.05, 0.1) is 6.26 Å². The summed E-state index contributed by atoms with van der Waals surface area (Å²) in [5.41, 5.74) is 1.38. The van der Waals surface area contributed by atoms with Crippen LogP contribution in [-0.4, -0.2) is 16.8 Å². The van der Waals surface area contributed by atoms with Crippen LogP contribution in [0.1, 0.15) is 27.9 Å². The Morgan fingerprint density at radius 1 is 0.938 bits per heavy atom. The number of pyridine rings is 1. The Kier molecular flexibility index (Phi) is 6.36. The quantitative estimate of drug-likeness (QED) is 0.469. The van der Waals surface area contributed by atoms with E-state index >= 15 is 0 Å².